The SMILES string of the molecule is O=CC(=O)c1ccc(Oc2ccc(Cl)cc2)cc1Cl. The van der Waals surface area contributed by atoms with Crippen molar-refractivity contribution < 1.29 is 14.3 Å². The van der Waals surface area contributed by atoms with Crippen LogP contribution in [0.4, 0.5) is 0 Å². The molecular weight excluding hydrogens is 287 g/mol. The standard InChI is InChI=1S/C14H8Cl2O3/c15-9-1-3-10(4-2-9)19-11-5-6-12(13(16)7-11)14(18)8-17/h1-8H. The average Bonchev–Trinajstić information content (AvgIpc) is 2.41. The van der Waals surface area contributed by atoms with Crippen molar-refractivity contribution in [3.8, 4) is 11.5 Å². The van der Waals surface area contributed by atoms with Crippen LogP contribution in [-0.4, -0.2) is 12.1 Å². The quantitative estimate of drug-likeness (QED) is 0.483. The first-order chi connectivity index (χ1) is 9.10. The van der Waals surface area contributed by atoms with E-state index in [9.17, 15) is 9.59 Å². The van der Waals surface area contributed by atoms with Crippen LogP contribution in [0.1, 0.15) is 10.4 Å². The normalized spacial score (nSPS) is 10.0. The number of hydrogen-bond donors (Lipinski definition) is 0. The van der Waals surface area contributed by atoms with Crippen LogP contribution >= 0.6 is 23.2 Å². The molecule has 0 bridgehead atoms. The number of carbonyl (C=O) groups excluding carboxylic acids is 2. The highest BCUT2D eigenvalue weighted by molar-refractivity contribution is 6.41. The number of carbonyl (C=O) groups is 2. The summed E-state index contributed by atoms with van der Waals surface area (Å²) in [7, 11) is 0. The fourth-order valence-electron chi connectivity index (χ4n) is 1.46. The Balaban J connectivity index is 2.23. The molecule has 3 nitrogen and oxygen atoms in total. The number of ether oxygens (including phenoxy) is 1. The van der Waals surface area contributed by atoms with Crippen molar-refractivity contribution in [3.05, 3.63) is 58.1 Å². The van der Waals surface area contributed by atoms with Crippen LogP contribution in [0.3, 0.4) is 0 Å². The fraction of sp³-hybridized carbons (Fsp3) is 0. The summed E-state index contributed by atoms with van der Waals surface area (Å²) in [4.78, 5) is 21.6. The van der Waals surface area contributed by atoms with E-state index in [2.05, 4.69) is 0 Å². The van der Waals surface area contributed by atoms with E-state index in [1.54, 1.807) is 30.3 Å². The van der Waals surface area contributed by atoms with Crippen molar-refractivity contribution in [2.24, 2.45) is 0 Å². The van der Waals surface area contributed by atoms with Crippen molar-refractivity contribution in [1.29, 1.82) is 0 Å². The lowest BCUT2D eigenvalue weighted by Gasteiger charge is -2.07. The molecule has 0 amide bonds. The second-order valence-electron chi connectivity index (χ2n) is 3.68. The zero-order chi connectivity index (χ0) is 13.8. The minimum absolute atomic E-state index is 0.153. The third kappa shape index (κ3) is 3.34. The maximum atomic E-state index is 11.2. The Morgan fingerprint density at radius 2 is 1.63 bits per heavy atom. The molecular formula is C14H8Cl2O3. The number of halogens is 2. The number of hydrogen-bond acceptors (Lipinski definition) is 3. The zero-order valence-electron chi connectivity index (χ0n) is 9.60. The van der Waals surface area contributed by atoms with Gasteiger partial charge in [-0.3, -0.25) is 9.59 Å². The molecule has 0 N–H and O–H groups in total. The van der Waals surface area contributed by atoms with Crippen molar-refractivity contribution in [2.45, 2.75) is 0 Å². The van der Waals surface area contributed by atoms with E-state index in [1.165, 1.54) is 12.1 Å². The molecule has 0 unspecified atom stereocenters. The van der Waals surface area contributed by atoms with Gasteiger partial charge < -0.3 is 4.74 Å². The molecule has 0 heterocycles. The molecule has 0 radical (unpaired) electrons. The summed E-state index contributed by atoms with van der Waals surface area (Å²) >= 11 is 11.7. The van der Waals surface area contributed by atoms with E-state index in [0.717, 1.165) is 0 Å². The van der Waals surface area contributed by atoms with Gasteiger partial charge in [-0.1, -0.05) is 23.2 Å². The van der Waals surface area contributed by atoms with Crippen molar-refractivity contribution in [1.82, 2.24) is 0 Å². The minimum atomic E-state index is -0.664. The van der Waals surface area contributed by atoms with Crippen molar-refractivity contribution >= 4 is 35.3 Å². The highest BCUT2D eigenvalue weighted by Gasteiger charge is 2.10. The third-order valence-electron chi connectivity index (χ3n) is 2.36. The maximum absolute atomic E-state index is 11.2. The molecule has 0 aromatic heterocycles. The van der Waals surface area contributed by atoms with Gasteiger partial charge in [0.25, 0.3) is 0 Å². The largest absolute Gasteiger partial charge is 0.457 e. The van der Waals surface area contributed by atoms with E-state index in [1.807, 2.05) is 0 Å². The van der Waals surface area contributed by atoms with Gasteiger partial charge in [0.1, 0.15) is 11.5 Å². The van der Waals surface area contributed by atoms with Gasteiger partial charge >= 0.3 is 0 Å². The highest BCUT2D eigenvalue weighted by Crippen LogP contribution is 2.27. The molecule has 0 saturated heterocycles. The van der Waals surface area contributed by atoms with E-state index < -0.39 is 5.78 Å². The van der Waals surface area contributed by atoms with Gasteiger partial charge in [0, 0.05) is 16.7 Å². The van der Waals surface area contributed by atoms with Crippen LogP contribution in [0.15, 0.2) is 42.5 Å². The molecule has 0 aliphatic heterocycles. The number of Topliss-reactive ketones (excluding diaryl/α,β-unsaturated/α-hetero) is 1. The first-order valence-corrected chi connectivity index (χ1v) is 6.08. The minimum Gasteiger partial charge on any atom is -0.457 e. The Kier molecular flexibility index (Phi) is 4.20. The van der Waals surface area contributed by atoms with Crippen molar-refractivity contribution in [2.75, 3.05) is 0 Å². The second-order valence-corrected chi connectivity index (χ2v) is 4.52. The van der Waals surface area contributed by atoms with E-state index in [0.29, 0.717) is 16.5 Å². The number of rotatable bonds is 4. The summed E-state index contributed by atoms with van der Waals surface area (Å²) in [5, 5.41) is 0.779. The first kappa shape index (κ1) is 13.6. The first-order valence-electron chi connectivity index (χ1n) is 5.32. The summed E-state index contributed by atoms with van der Waals surface area (Å²) in [5.41, 5.74) is 0.153. The van der Waals surface area contributed by atoms with Gasteiger partial charge in [-0.15, -0.1) is 0 Å². The lowest BCUT2D eigenvalue weighted by molar-refractivity contribution is -0.104. The summed E-state index contributed by atoms with van der Waals surface area (Å²) in [6.07, 6.45) is 0.223. The number of benzene rings is 2. The Morgan fingerprint density at radius 1 is 1.00 bits per heavy atom. The van der Waals surface area contributed by atoms with Crippen LogP contribution in [0.2, 0.25) is 10.0 Å². The Bertz CT molecular complexity index is 621. The average molecular weight is 295 g/mol. The number of ketones is 1. The summed E-state index contributed by atoms with van der Waals surface area (Å²) in [6.45, 7) is 0. The molecule has 0 fully saturated rings. The second kappa shape index (κ2) is 5.87. The van der Waals surface area contributed by atoms with Gasteiger partial charge in [-0.25, -0.2) is 0 Å². The summed E-state index contributed by atoms with van der Waals surface area (Å²) in [6, 6.07) is 11.3. The Labute approximate surface area is 119 Å². The number of aldehydes is 1. The molecule has 0 aliphatic carbocycles. The van der Waals surface area contributed by atoms with Gasteiger partial charge in [0.2, 0.25) is 5.78 Å². The van der Waals surface area contributed by atoms with Crippen molar-refractivity contribution in [3.63, 3.8) is 0 Å². The monoisotopic (exact) mass is 294 g/mol. The molecule has 19 heavy (non-hydrogen) atoms. The smallest absolute Gasteiger partial charge is 0.226 e. The van der Waals surface area contributed by atoms with E-state index >= 15 is 0 Å². The molecule has 2 rings (SSSR count). The zero-order valence-corrected chi connectivity index (χ0v) is 11.1. The fourth-order valence-corrected chi connectivity index (χ4v) is 1.85. The van der Waals surface area contributed by atoms with Gasteiger partial charge in [-0.2, -0.15) is 0 Å². The molecule has 5 heteroatoms. The molecule has 0 spiro atoms. The van der Waals surface area contributed by atoms with Crippen LogP contribution < -0.4 is 4.74 Å². The molecule has 2 aromatic rings. The third-order valence-corrected chi connectivity index (χ3v) is 2.93. The van der Waals surface area contributed by atoms with Crippen LogP contribution in [0.25, 0.3) is 0 Å². The lowest BCUT2D eigenvalue weighted by atomic mass is 10.1. The maximum Gasteiger partial charge on any atom is 0.226 e. The topological polar surface area (TPSA) is 43.4 Å². The van der Waals surface area contributed by atoms with Crippen LogP contribution in [-0.2, 0) is 4.79 Å². The molecule has 2 aromatic carbocycles. The van der Waals surface area contributed by atoms with E-state index in [4.69, 9.17) is 27.9 Å². The predicted molar refractivity (Wildman–Crippen MR) is 73.4 cm³/mol. The highest BCUT2D eigenvalue weighted by atomic mass is 35.5. The lowest BCUT2D eigenvalue weighted by Crippen LogP contribution is -2.00. The molecule has 0 aliphatic rings. The Morgan fingerprint density at radius 3 is 2.21 bits per heavy atom. The van der Waals surface area contributed by atoms with Gasteiger partial charge in [0.05, 0.1) is 5.02 Å². The van der Waals surface area contributed by atoms with E-state index in [-0.39, 0.29) is 16.9 Å². The van der Waals surface area contributed by atoms with Crippen LogP contribution in [0.5, 0.6) is 11.5 Å². The van der Waals surface area contributed by atoms with Gasteiger partial charge in [-0.05, 0) is 36.4 Å². The van der Waals surface area contributed by atoms with Crippen LogP contribution in [0, 0.1) is 0 Å². The molecule has 0 saturated carbocycles. The predicted octanol–water partition coefficient (Wildman–Crippen LogP) is 4.17. The Hall–Kier alpha value is -1.84. The van der Waals surface area contributed by atoms with Gasteiger partial charge in [0.15, 0.2) is 6.29 Å². The summed E-state index contributed by atoms with van der Waals surface area (Å²) < 4.78 is 5.54. The molecule has 0 atom stereocenters. The summed E-state index contributed by atoms with van der Waals surface area (Å²) in [5.74, 6) is 0.396. The molecule has 96 valence electrons.